The zero-order chi connectivity index (χ0) is 25.3. The Labute approximate surface area is 202 Å². The quantitative estimate of drug-likeness (QED) is 0.291. The normalized spacial score (nSPS) is 11.4. The summed E-state index contributed by atoms with van der Waals surface area (Å²) in [6.45, 7) is 1.85. The lowest BCUT2D eigenvalue weighted by atomic mass is 10.1. The molecule has 0 aliphatic heterocycles. The molecule has 180 valence electrons. The number of carbonyl (C=O) groups excluding carboxylic acids is 1. The van der Waals surface area contributed by atoms with Crippen molar-refractivity contribution in [2.75, 3.05) is 10.6 Å². The van der Waals surface area contributed by atoms with E-state index in [0.717, 1.165) is 17.7 Å². The summed E-state index contributed by atoms with van der Waals surface area (Å²) in [7, 11) is 0. The average Bonchev–Trinajstić information content (AvgIpc) is 3.35. The van der Waals surface area contributed by atoms with Gasteiger partial charge in [0.15, 0.2) is 11.5 Å². The summed E-state index contributed by atoms with van der Waals surface area (Å²) in [6.07, 6.45) is 0.374. The van der Waals surface area contributed by atoms with Gasteiger partial charge >= 0.3 is 6.18 Å². The van der Waals surface area contributed by atoms with Crippen LogP contribution in [0.2, 0.25) is 0 Å². The first-order valence-corrected chi connectivity index (χ1v) is 10.8. The van der Waals surface area contributed by atoms with Crippen molar-refractivity contribution < 1.29 is 18.0 Å². The van der Waals surface area contributed by atoms with Gasteiger partial charge in [0.05, 0.1) is 17.1 Å². The highest BCUT2D eigenvalue weighted by molar-refractivity contribution is 6.05. The van der Waals surface area contributed by atoms with Crippen molar-refractivity contribution >= 4 is 34.1 Å². The second-order valence-corrected chi connectivity index (χ2v) is 7.96. The lowest BCUT2D eigenvalue weighted by Gasteiger charge is -2.13. The van der Waals surface area contributed by atoms with E-state index in [1.165, 1.54) is 12.1 Å². The number of hydrogen-bond donors (Lipinski definition) is 3. The number of amides is 1. The van der Waals surface area contributed by atoms with Gasteiger partial charge in [-0.05, 0) is 55.0 Å². The van der Waals surface area contributed by atoms with Crippen molar-refractivity contribution in [2.45, 2.75) is 13.1 Å². The van der Waals surface area contributed by atoms with E-state index in [2.05, 4.69) is 35.8 Å². The van der Waals surface area contributed by atoms with E-state index in [1.807, 2.05) is 13.0 Å². The lowest BCUT2D eigenvalue weighted by molar-refractivity contribution is -0.137. The van der Waals surface area contributed by atoms with Crippen LogP contribution in [-0.4, -0.2) is 31.1 Å². The molecule has 0 radical (unpaired) electrons. The lowest BCUT2D eigenvalue weighted by Crippen LogP contribution is -2.13. The Morgan fingerprint density at radius 1 is 1.00 bits per heavy atom. The summed E-state index contributed by atoms with van der Waals surface area (Å²) in [5.41, 5.74) is 2.09. The maximum Gasteiger partial charge on any atom is 0.416 e. The molecule has 0 unspecified atom stereocenters. The molecule has 0 fully saturated rings. The molecule has 3 aromatic heterocycles. The number of aryl methyl sites for hydroxylation is 1. The number of fused-ring (bicyclic) bond motifs is 1. The van der Waals surface area contributed by atoms with Crippen molar-refractivity contribution in [3.8, 4) is 11.4 Å². The molecule has 2 aromatic carbocycles. The van der Waals surface area contributed by atoms with Crippen LogP contribution < -0.4 is 10.6 Å². The van der Waals surface area contributed by atoms with Gasteiger partial charge in [-0.25, -0.2) is 9.97 Å². The van der Waals surface area contributed by atoms with Gasteiger partial charge in [-0.1, -0.05) is 12.1 Å². The molecule has 8 nitrogen and oxygen atoms in total. The number of carbonyl (C=O) groups is 1. The number of hydrogen-bond acceptors (Lipinski definition) is 6. The Kier molecular flexibility index (Phi) is 5.80. The summed E-state index contributed by atoms with van der Waals surface area (Å²) in [4.78, 5) is 26.1. The molecule has 11 heteroatoms. The zero-order valence-electron chi connectivity index (χ0n) is 18.8. The maximum absolute atomic E-state index is 13.0. The van der Waals surface area contributed by atoms with Gasteiger partial charge in [-0.2, -0.15) is 18.3 Å². The van der Waals surface area contributed by atoms with Gasteiger partial charge in [-0.15, -0.1) is 0 Å². The van der Waals surface area contributed by atoms with Crippen LogP contribution in [-0.2, 0) is 6.18 Å². The van der Waals surface area contributed by atoms with Crippen molar-refractivity contribution in [2.24, 2.45) is 0 Å². The van der Waals surface area contributed by atoms with E-state index in [-0.39, 0.29) is 11.3 Å². The largest absolute Gasteiger partial charge is 0.416 e. The third-order valence-electron chi connectivity index (χ3n) is 5.43. The van der Waals surface area contributed by atoms with Crippen LogP contribution in [0, 0.1) is 6.92 Å². The van der Waals surface area contributed by atoms with E-state index in [4.69, 9.17) is 0 Å². The fourth-order valence-electron chi connectivity index (χ4n) is 3.56. The van der Waals surface area contributed by atoms with Crippen LogP contribution in [0.5, 0.6) is 0 Å². The van der Waals surface area contributed by atoms with Crippen molar-refractivity contribution in [3.63, 3.8) is 0 Å². The van der Waals surface area contributed by atoms with Crippen LogP contribution >= 0.6 is 0 Å². The fraction of sp³-hybridized carbons (Fsp3) is 0.0800. The predicted octanol–water partition coefficient (Wildman–Crippen LogP) is 5.74. The van der Waals surface area contributed by atoms with E-state index in [1.54, 1.807) is 42.9 Å². The molecular formula is C25H18F3N7O. The zero-order valence-corrected chi connectivity index (χ0v) is 18.8. The average molecular weight is 489 g/mol. The van der Waals surface area contributed by atoms with E-state index < -0.39 is 17.6 Å². The molecule has 0 spiro atoms. The number of nitrogens with one attached hydrogen (secondary N) is 3. The first kappa shape index (κ1) is 23.0. The number of aromatic amines is 1. The van der Waals surface area contributed by atoms with Crippen LogP contribution in [0.3, 0.4) is 0 Å². The first-order chi connectivity index (χ1) is 17.3. The van der Waals surface area contributed by atoms with Crippen LogP contribution in [0.25, 0.3) is 22.4 Å². The van der Waals surface area contributed by atoms with Gasteiger partial charge in [-0.3, -0.25) is 14.9 Å². The van der Waals surface area contributed by atoms with Gasteiger partial charge in [0.25, 0.3) is 5.91 Å². The minimum atomic E-state index is -4.51. The smallest absolute Gasteiger partial charge is 0.339 e. The monoisotopic (exact) mass is 489 g/mol. The highest BCUT2D eigenvalue weighted by Gasteiger charge is 2.30. The number of anilines is 3. The Morgan fingerprint density at radius 2 is 1.86 bits per heavy atom. The second-order valence-electron chi connectivity index (χ2n) is 7.96. The Balaban J connectivity index is 1.45. The summed E-state index contributed by atoms with van der Waals surface area (Å²) in [5, 5.41) is 13.3. The second kappa shape index (κ2) is 9.10. The van der Waals surface area contributed by atoms with E-state index in [9.17, 15) is 18.0 Å². The molecule has 0 saturated carbocycles. The molecule has 0 atom stereocenters. The highest BCUT2D eigenvalue weighted by Crippen LogP contribution is 2.31. The van der Waals surface area contributed by atoms with Gasteiger partial charge < -0.3 is 10.6 Å². The van der Waals surface area contributed by atoms with Crippen LogP contribution in [0.15, 0.2) is 73.2 Å². The molecule has 5 rings (SSSR count). The maximum atomic E-state index is 13.0. The molecule has 0 saturated heterocycles. The highest BCUT2D eigenvalue weighted by atomic mass is 19.4. The molecule has 3 N–H and O–H groups in total. The van der Waals surface area contributed by atoms with Gasteiger partial charge in [0.2, 0.25) is 0 Å². The molecule has 5 aromatic rings. The number of alkyl halides is 3. The summed E-state index contributed by atoms with van der Waals surface area (Å²) < 4.78 is 39.0. The molecule has 3 heterocycles. The third-order valence-corrected chi connectivity index (χ3v) is 5.43. The molecule has 0 bridgehead atoms. The third kappa shape index (κ3) is 4.71. The molecule has 36 heavy (non-hydrogen) atoms. The number of benzene rings is 2. The molecule has 1 amide bonds. The number of H-pyrrole nitrogens is 1. The number of halogens is 3. The first-order valence-electron chi connectivity index (χ1n) is 10.8. The van der Waals surface area contributed by atoms with Gasteiger partial charge in [0, 0.05) is 34.9 Å². The van der Waals surface area contributed by atoms with E-state index in [0.29, 0.717) is 33.9 Å². The minimum absolute atomic E-state index is 0.0435. The van der Waals surface area contributed by atoms with Crippen molar-refractivity contribution in [1.82, 2.24) is 25.1 Å². The molecule has 0 aliphatic rings. The summed E-state index contributed by atoms with van der Waals surface area (Å²) in [6, 6.07) is 13.0. The molecular weight excluding hydrogens is 471 g/mol. The standard InChI is InChI=1S/C25H18F3N7O/c1-14-7-8-15(24(36)31-18-6-2-5-17(11-18)25(26,27)28)10-20(14)32-22-19-13-30-35-23(19)34-21(33-22)16-4-3-9-29-12-16/h2-13H,1H3,(H,31,36)(H2,30,32,33,34,35). The van der Waals surface area contributed by atoms with Crippen molar-refractivity contribution in [3.05, 3.63) is 89.9 Å². The number of rotatable bonds is 5. The van der Waals surface area contributed by atoms with Crippen molar-refractivity contribution in [1.29, 1.82) is 0 Å². The topological polar surface area (TPSA) is 108 Å². The number of pyridine rings is 1. The minimum Gasteiger partial charge on any atom is -0.339 e. The Hall–Kier alpha value is -4.80. The number of nitrogens with zero attached hydrogens (tertiary/aromatic N) is 4. The SMILES string of the molecule is Cc1ccc(C(=O)Nc2cccc(C(F)(F)F)c2)cc1Nc1nc(-c2cccnc2)nc2[nH]ncc12. The Bertz CT molecular complexity index is 1570. The molecule has 0 aliphatic carbocycles. The summed E-state index contributed by atoms with van der Waals surface area (Å²) >= 11 is 0. The van der Waals surface area contributed by atoms with Gasteiger partial charge in [0.1, 0.15) is 5.82 Å². The number of aromatic nitrogens is 5. The van der Waals surface area contributed by atoms with Crippen LogP contribution in [0.1, 0.15) is 21.5 Å². The van der Waals surface area contributed by atoms with Crippen LogP contribution in [0.4, 0.5) is 30.4 Å². The predicted molar refractivity (Wildman–Crippen MR) is 129 cm³/mol. The summed E-state index contributed by atoms with van der Waals surface area (Å²) in [5.74, 6) is 0.342. The Morgan fingerprint density at radius 3 is 2.64 bits per heavy atom. The van der Waals surface area contributed by atoms with E-state index >= 15 is 0 Å². The fourth-order valence-corrected chi connectivity index (χ4v) is 3.56.